The highest BCUT2D eigenvalue weighted by molar-refractivity contribution is 5.96. The second kappa shape index (κ2) is 8.30. The molecule has 1 aliphatic heterocycles. The van der Waals surface area contributed by atoms with E-state index in [1.54, 1.807) is 6.07 Å². The Kier molecular flexibility index (Phi) is 5.64. The van der Waals surface area contributed by atoms with Crippen LogP contribution in [-0.4, -0.2) is 30.9 Å². The van der Waals surface area contributed by atoms with Gasteiger partial charge in [-0.15, -0.1) is 0 Å². The van der Waals surface area contributed by atoms with Gasteiger partial charge in [0, 0.05) is 13.1 Å². The number of carbonyl (C=O) groups excluding carboxylic acids is 2. The molecule has 1 saturated heterocycles. The van der Waals surface area contributed by atoms with Crippen LogP contribution in [0.5, 0.6) is 5.75 Å². The van der Waals surface area contributed by atoms with Crippen LogP contribution >= 0.6 is 0 Å². The molecule has 0 aromatic heterocycles. The van der Waals surface area contributed by atoms with Gasteiger partial charge in [-0.05, 0) is 17.7 Å². The Morgan fingerprint density at radius 1 is 1.08 bits per heavy atom. The van der Waals surface area contributed by atoms with Gasteiger partial charge in [-0.25, -0.2) is 0 Å². The standard InChI is InChI=1S/C19H21N3O3/c23-18(12-16-19(24)21-11-10-20-16)22-15-8-4-5-9-17(15)25-13-14-6-2-1-3-7-14/h1-9,16,20H,10-13H2,(H,21,24)(H,22,23). The summed E-state index contributed by atoms with van der Waals surface area (Å²) >= 11 is 0. The monoisotopic (exact) mass is 339 g/mol. The number of carbonyl (C=O) groups is 2. The summed E-state index contributed by atoms with van der Waals surface area (Å²) in [5.74, 6) is 0.223. The molecular weight excluding hydrogens is 318 g/mol. The van der Waals surface area contributed by atoms with Crippen LogP contribution < -0.4 is 20.7 Å². The quantitative estimate of drug-likeness (QED) is 0.748. The Morgan fingerprint density at radius 3 is 2.64 bits per heavy atom. The highest BCUT2D eigenvalue weighted by Crippen LogP contribution is 2.25. The van der Waals surface area contributed by atoms with Crippen molar-refractivity contribution in [1.29, 1.82) is 0 Å². The summed E-state index contributed by atoms with van der Waals surface area (Å²) in [5.41, 5.74) is 1.64. The molecule has 6 nitrogen and oxygen atoms in total. The summed E-state index contributed by atoms with van der Waals surface area (Å²) in [7, 11) is 0. The van der Waals surface area contributed by atoms with E-state index in [9.17, 15) is 9.59 Å². The number of para-hydroxylation sites is 2. The maximum absolute atomic E-state index is 12.3. The van der Waals surface area contributed by atoms with Crippen molar-refractivity contribution in [3.05, 3.63) is 60.2 Å². The third kappa shape index (κ3) is 4.81. The Morgan fingerprint density at radius 2 is 1.84 bits per heavy atom. The molecule has 1 unspecified atom stereocenters. The fourth-order valence-electron chi connectivity index (χ4n) is 2.63. The zero-order valence-electron chi connectivity index (χ0n) is 13.8. The smallest absolute Gasteiger partial charge is 0.237 e. The maximum Gasteiger partial charge on any atom is 0.237 e. The minimum absolute atomic E-state index is 0.0822. The SMILES string of the molecule is O=C(CC1NCCNC1=O)Nc1ccccc1OCc1ccccc1. The molecule has 25 heavy (non-hydrogen) atoms. The second-order valence-corrected chi connectivity index (χ2v) is 5.82. The normalized spacial score (nSPS) is 16.8. The predicted octanol–water partition coefficient (Wildman–Crippen LogP) is 1.68. The Bertz CT molecular complexity index is 734. The van der Waals surface area contributed by atoms with Crippen molar-refractivity contribution in [3.63, 3.8) is 0 Å². The molecular formula is C19H21N3O3. The summed E-state index contributed by atoms with van der Waals surface area (Å²) in [4.78, 5) is 24.0. The number of amides is 2. The molecule has 1 fully saturated rings. The second-order valence-electron chi connectivity index (χ2n) is 5.82. The number of hydrogen-bond acceptors (Lipinski definition) is 4. The van der Waals surface area contributed by atoms with Gasteiger partial charge in [-0.3, -0.25) is 9.59 Å². The number of rotatable bonds is 6. The van der Waals surface area contributed by atoms with Crippen LogP contribution in [0.3, 0.4) is 0 Å². The fourth-order valence-corrected chi connectivity index (χ4v) is 2.63. The van der Waals surface area contributed by atoms with Gasteiger partial charge in [-0.2, -0.15) is 0 Å². The largest absolute Gasteiger partial charge is 0.487 e. The van der Waals surface area contributed by atoms with E-state index >= 15 is 0 Å². The topological polar surface area (TPSA) is 79.5 Å². The van der Waals surface area contributed by atoms with E-state index in [1.807, 2.05) is 48.5 Å². The summed E-state index contributed by atoms with van der Waals surface area (Å²) < 4.78 is 5.83. The molecule has 0 radical (unpaired) electrons. The number of piperazine rings is 1. The number of hydrogen-bond donors (Lipinski definition) is 3. The average Bonchev–Trinajstić information content (AvgIpc) is 2.64. The molecule has 3 N–H and O–H groups in total. The fraction of sp³-hybridized carbons (Fsp3) is 0.263. The van der Waals surface area contributed by atoms with E-state index in [0.29, 0.717) is 31.1 Å². The lowest BCUT2D eigenvalue weighted by atomic mass is 10.1. The molecule has 1 heterocycles. The molecule has 6 heteroatoms. The minimum Gasteiger partial charge on any atom is -0.487 e. The van der Waals surface area contributed by atoms with Crippen LogP contribution in [0.4, 0.5) is 5.69 Å². The van der Waals surface area contributed by atoms with Crippen molar-refractivity contribution in [2.45, 2.75) is 19.1 Å². The zero-order valence-corrected chi connectivity index (χ0v) is 13.8. The summed E-state index contributed by atoms with van der Waals surface area (Å²) in [5, 5.41) is 8.62. The molecule has 2 aromatic carbocycles. The summed E-state index contributed by atoms with van der Waals surface area (Å²) in [6.07, 6.45) is 0.0822. The molecule has 2 amide bonds. The van der Waals surface area contributed by atoms with Gasteiger partial charge in [0.15, 0.2) is 0 Å². The van der Waals surface area contributed by atoms with Crippen LogP contribution in [0.15, 0.2) is 54.6 Å². The molecule has 2 aromatic rings. The third-order valence-corrected chi connectivity index (χ3v) is 3.92. The third-order valence-electron chi connectivity index (χ3n) is 3.92. The molecule has 1 atom stereocenters. The van der Waals surface area contributed by atoms with Gasteiger partial charge in [-0.1, -0.05) is 42.5 Å². The number of ether oxygens (including phenoxy) is 1. The number of benzene rings is 2. The number of anilines is 1. The summed E-state index contributed by atoms with van der Waals surface area (Å²) in [6.45, 7) is 1.67. The Hall–Kier alpha value is -2.86. The molecule has 3 rings (SSSR count). The molecule has 0 aliphatic carbocycles. The van der Waals surface area contributed by atoms with Gasteiger partial charge in [0.05, 0.1) is 18.2 Å². The average molecular weight is 339 g/mol. The molecule has 0 bridgehead atoms. The van der Waals surface area contributed by atoms with Crippen molar-refractivity contribution in [2.75, 3.05) is 18.4 Å². The van der Waals surface area contributed by atoms with Crippen LogP contribution in [0.2, 0.25) is 0 Å². The van der Waals surface area contributed by atoms with Crippen molar-refractivity contribution >= 4 is 17.5 Å². The first-order chi connectivity index (χ1) is 12.2. The van der Waals surface area contributed by atoms with E-state index in [1.165, 1.54) is 0 Å². The van der Waals surface area contributed by atoms with Crippen molar-refractivity contribution in [2.24, 2.45) is 0 Å². The van der Waals surface area contributed by atoms with Crippen LogP contribution in [-0.2, 0) is 16.2 Å². The van der Waals surface area contributed by atoms with Crippen molar-refractivity contribution in [1.82, 2.24) is 10.6 Å². The highest BCUT2D eigenvalue weighted by Gasteiger charge is 2.24. The van der Waals surface area contributed by atoms with Crippen LogP contribution in [0.1, 0.15) is 12.0 Å². The van der Waals surface area contributed by atoms with Crippen LogP contribution in [0.25, 0.3) is 0 Å². The lowest BCUT2D eigenvalue weighted by Gasteiger charge is -2.23. The van der Waals surface area contributed by atoms with Crippen LogP contribution in [0, 0.1) is 0 Å². The number of nitrogens with one attached hydrogen (secondary N) is 3. The van der Waals surface area contributed by atoms with E-state index in [4.69, 9.17) is 4.74 Å². The van der Waals surface area contributed by atoms with Gasteiger partial charge < -0.3 is 20.7 Å². The first-order valence-electron chi connectivity index (χ1n) is 8.29. The molecule has 0 saturated carbocycles. The molecule has 130 valence electrons. The highest BCUT2D eigenvalue weighted by atomic mass is 16.5. The Balaban J connectivity index is 1.60. The lowest BCUT2D eigenvalue weighted by Crippen LogP contribution is -2.53. The van der Waals surface area contributed by atoms with E-state index < -0.39 is 6.04 Å². The molecule has 1 aliphatic rings. The van der Waals surface area contributed by atoms with Crippen molar-refractivity contribution < 1.29 is 14.3 Å². The summed E-state index contributed by atoms with van der Waals surface area (Å²) in [6, 6.07) is 16.6. The van der Waals surface area contributed by atoms with Gasteiger partial charge >= 0.3 is 0 Å². The zero-order chi connectivity index (χ0) is 17.5. The lowest BCUT2D eigenvalue weighted by molar-refractivity contribution is -0.127. The van der Waals surface area contributed by atoms with Gasteiger partial charge in [0.1, 0.15) is 12.4 Å². The predicted molar refractivity (Wildman–Crippen MR) is 95.3 cm³/mol. The van der Waals surface area contributed by atoms with Gasteiger partial charge in [0.25, 0.3) is 0 Å². The first kappa shape index (κ1) is 17.0. The Labute approximate surface area is 146 Å². The van der Waals surface area contributed by atoms with E-state index in [0.717, 1.165) is 5.56 Å². The first-order valence-corrected chi connectivity index (χ1v) is 8.29. The minimum atomic E-state index is -0.494. The van der Waals surface area contributed by atoms with E-state index in [-0.39, 0.29) is 18.2 Å². The van der Waals surface area contributed by atoms with Crippen molar-refractivity contribution in [3.8, 4) is 5.75 Å². The molecule has 0 spiro atoms. The maximum atomic E-state index is 12.3. The van der Waals surface area contributed by atoms with Gasteiger partial charge in [0.2, 0.25) is 11.8 Å². The van der Waals surface area contributed by atoms with E-state index in [2.05, 4.69) is 16.0 Å².